The number of hydrogen-bond acceptors (Lipinski definition) is 5. The predicted molar refractivity (Wildman–Crippen MR) is 207 cm³/mol. The molecular weight excluding hydrogens is 625 g/mol. The van der Waals surface area contributed by atoms with Gasteiger partial charge >= 0.3 is 0 Å². The average Bonchev–Trinajstić information content (AvgIpc) is 3.59. The van der Waals surface area contributed by atoms with Crippen LogP contribution in [0.2, 0.25) is 0 Å². The van der Waals surface area contributed by atoms with E-state index in [1.165, 1.54) is 10.8 Å². The van der Waals surface area contributed by atoms with Crippen molar-refractivity contribution in [2.75, 3.05) is 0 Å². The molecule has 0 spiro atoms. The second-order valence-corrected chi connectivity index (χ2v) is 12.7. The molecule has 0 radical (unpaired) electrons. The lowest BCUT2D eigenvalue weighted by Gasteiger charge is -2.13. The zero-order valence-corrected chi connectivity index (χ0v) is 27.4. The molecule has 51 heavy (non-hydrogen) atoms. The van der Waals surface area contributed by atoms with Gasteiger partial charge in [-0.05, 0) is 63.9 Å². The lowest BCUT2D eigenvalue weighted by Crippen LogP contribution is -2.00. The molecule has 5 nitrogen and oxygen atoms in total. The van der Waals surface area contributed by atoms with Crippen molar-refractivity contribution in [1.29, 1.82) is 0 Å². The zero-order valence-electron chi connectivity index (χ0n) is 27.4. The molecule has 0 aliphatic heterocycles. The third-order valence-electron chi connectivity index (χ3n) is 9.55. The predicted octanol–water partition coefficient (Wildman–Crippen LogP) is 11.8. The molecule has 3 aromatic heterocycles. The third-order valence-corrected chi connectivity index (χ3v) is 9.55. The fourth-order valence-electron chi connectivity index (χ4n) is 7.13. The van der Waals surface area contributed by atoms with Crippen molar-refractivity contribution in [1.82, 2.24) is 19.9 Å². The first-order valence-electron chi connectivity index (χ1n) is 17.0. The fourth-order valence-corrected chi connectivity index (χ4v) is 7.13. The van der Waals surface area contributed by atoms with Crippen molar-refractivity contribution < 1.29 is 4.42 Å². The monoisotopic (exact) mass is 652 g/mol. The number of fused-ring (bicyclic) bond motifs is 6. The van der Waals surface area contributed by atoms with Crippen molar-refractivity contribution in [3.8, 4) is 56.4 Å². The lowest BCUT2D eigenvalue weighted by molar-refractivity contribution is 0.670. The van der Waals surface area contributed by atoms with E-state index >= 15 is 0 Å². The first-order valence-corrected chi connectivity index (χ1v) is 17.0. The number of furan rings is 1. The van der Waals surface area contributed by atoms with Gasteiger partial charge in [0.15, 0.2) is 17.5 Å². The normalized spacial score (nSPS) is 11.5. The van der Waals surface area contributed by atoms with E-state index in [1.54, 1.807) is 0 Å². The van der Waals surface area contributed by atoms with Crippen LogP contribution < -0.4 is 0 Å². The van der Waals surface area contributed by atoms with E-state index in [4.69, 9.17) is 24.4 Å². The summed E-state index contributed by atoms with van der Waals surface area (Å²) in [6, 6.07) is 56.2. The van der Waals surface area contributed by atoms with Crippen LogP contribution in [-0.2, 0) is 0 Å². The molecule has 3 heterocycles. The molecule has 0 unspecified atom stereocenters. The highest BCUT2D eigenvalue weighted by atomic mass is 16.3. The minimum Gasteiger partial charge on any atom is -0.455 e. The van der Waals surface area contributed by atoms with E-state index in [0.717, 1.165) is 71.8 Å². The van der Waals surface area contributed by atoms with Gasteiger partial charge in [0.05, 0.1) is 5.52 Å². The Labute approximate surface area is 293 Å². The van der Waals surface area contributed by atoms with Gasteiger partial charge in [-0.25, -0.2) is 15.0 Å². The van der Waals surface area contributed by atoms with Crippen molar-refractivity contribution in [3.63, 3.8) is 0 Å². The highest BCUT2D eigenvalue weighted by molar-refractivity contribution is 6.16. The van der Waals surface area contributed by atoms with Gasteiger partial charge in [0.25, 0.3) is 0 Å². The van der Waals surface area contributed by atoms with Crippen LogP contribution in [0.3, 0.4) is 0 Å². The molecule has 0 N–H and O–H groups in total. The summed E-state index contributed by atoms with van der Waals surface area (Å²) in [6.07, 6.45) is 1.86. The SMILES string of the molecule is c1ccc(-c2nc(-c3ccccc3)nc(-c3cccc(-c4cc(-c5cc6ncccc6c6ccccc56)cc5c4oc4ccccc45)c3)n2)cc1. The molecule has 0 amide bonds. The Morgan fingerprint density at radius 2 is 0.941 bits per heavy atom. The molecule has 10 rings (SSSR count). The zero-order chi connectivity index (χ0) is 33.7. The summed E-state index contributed by atoms with van der Waals surface area (Å²) in [6.45, 7) is 0. The summed E-state index contributed by atoms with van der Waals surface area (Å²) in [5.74, 6) is 1.86. The number of benzene rings is 7. The molecule has 0 atom stereocenters. The minimum absolute atomic E-state index is 0.605. The van der Waals surface area contributed by atoms with E-state index in [-0.39, 0.29) is 0 Å². The van der Waals surface area contributed by atoms with Gasteiger partial charge < -0.3 is 4.42 Å². The van der Waals surface area contributed by atoms with Crippen molar-refractivity contribution in [2.45, 2.75) is 0 Å². The molecule has 238 valence electrons. The maximum Gasteiger partial charge on any atom is 0.164 e. The number of para-hydroxylation sites is 1. The minimum atomic E-state index is 0.605. The van der Waals surface area contributed by atoms with E-state index in [0.29, 0.717) is 17.5 Å². The van der Waals surface area contributed by atoms with Gasteiger partial charge in [-0.15, -0.1) is 0 Å². The van der Waals surface area contributed by atoms with Gasteiger partial charge in [0.2, 0.25) is 0 Å². The van der Waals surface area contributed by atoms with Crippen molar-refractivity contribution in [2.24, 2.45) is 0 Å². The Kier molecular flexibility index (Phi) is 6.74. The van der Waals surface area contributed by atoms with Crippen molar-refractivity contribution in [3.05, 3.63) is 170 Å². The summed E-state index contributed by atoms with van der Waals surface area (Å²) in [5, 5.41) is 5.63. The second kappa shape index (κ2) is 11.9. The standard InChI is InChI=1S/C46H28N4O/c1-3-13-29(14-4-1)44-48-45(30-15-5-2-6-16-30)50-46(49-44)32-18-11-17-31(25-32)39-26-33(27-40-37-21-9-10-23-42(37)51-43(39)40)38-28-41-36(22-12-24-47-41)34-19-7-8-20-35(34)38/h1-28H. The number of hydrogen-bond donors (Lipinski definition) is 0. The third kappa shape index (κ3) is 5.03. The summed E-state index contributed by atoms with van der Waals surface area (Å²) in [5.41, 5.74) is 9.62. The lowest BCUT2D eigenvalue weighted by atomic mass is 9.91. The number of nitrogens with zero attached hydrogens (tertiary/aromatic N) is 4. The Morgan fingerprint density at radius 3 is 1.69 bits per heavy atom. The Bertz CT molecular complexity index is 2860. The molecule has 0 aliphatic carbocycles. The summed E-state index contributed by atoms with van der Waals surface area (Å²) in [7, 11) is 0. The molecule has 0 aliphatic rings. The van der Waals surface area contributed by atoms with Gasteiger partial charge in [0, 0.05) is 44.6 Å². The molecule has 0 saturated carbocycles. The first-order chi connectivity index (χ1) is 25.3. The first kappa shape index (κ1) is 29.0. The van der Waals surface area contributed by atoms with Crippen LogP contribution in [0.4, 0.5) is 0 Å². The quantitative estimate of drug-likeness (QED) is 0.173. The summed E-state index contributed by atoms with van der Waals surface area (Å²) in [4.78, 5) is 19.7. The van der Waals surface area contributed by atoms with Gasteiger partial charge in [-0.1, -0.05) is 127 Å². The molecule has 7 aromatic carbocycles. The van der Waals surface area contributed by atoms with Gasteiger partial charge in [-0.2, -0.15) is 0 Å². The van der Waals surface area contributed by atoms with Crippen LogP contribution in [0, 0.1) is 0 Å². The number of aromatic nitrogens is 4. The van der Waals surface area contributed by atoms with E-state index < -0.39 is 0 Å². The highest BCUT2D eigenvalue weighted by Crippen LogP contribution is 2.42. The van der Waals surface area contributed by atoms with Crippen LogP contribution >= 0.6 is 0 Å². The Morgan fingerprint density at radius 1 is 0.353 bits per heavy atom. The topological polar surface area (TPSA) is 64.7 Å². The largest absolute Gasteiger partial charge is 0.455 e. The molecule has 0 fully saturated rings. The smallest absolute Gasteiger partial charge is 0.164 e. The van der Waals surface area contributed by atoms with Gasteiger partial charge in [0.1, 0.15) is 11.2 Å². The average molecular weight is 653 g/mol. The second-order valence-electron chi connectivity index (χ2n) is 12.7. The van der Waals surface area contributed by atoms with Crippen molar-refractivity contribution >= 4 is 43.6 Å². The maximum atomic E-state index is 6.63. The van der Waals surface area contributed by atoms with Gasteiger partial charge in [-0.3, -0.25) is 4.98 Å². The van der Waals surface area contributed by atoms with Crippen LogP contribution in [0.15, 0.2) is 174 Å². The Balaban J connectivity index is 1.21. The van der Waals surface area contributed by atoms with E-state index in [9.17, 15) is 0 Å². The highest BCUT2D eigenvalue weighted by Gasteiger charge is 2.19. The maximum absolute atomic E-state index is 6.63. The van der Waals surface area contributed by atoms with Crippen LogP contribution in [0.25, 0.3) is 100 Å². The number of rotatable bonds is 5. The fraction of sp³-hybridized carbons (Fsp3) is 0. The Hall–Kier alpha value is -6.98. The van der Waals surface area contributed by atoms with E-state index in [2.05, 4.69) is 84.9 Å². The number of pyridine rings is 1. The molecular formula is C46H28N4O. The van der Waals surface area contributed by atoms with E-state index in [1.807, 2.05) is 85.1 Å². The molecule has 0 bridgehead atoms. The van der Waals surface area contributed by atoms with Crippen LogP contribution in [-0.4, -0.2) is 19.9 Å². The summed E-state index contributed by atoms with van der Waals surface area (Å²) >= 11 is 0. The summed E-state index contributed by atoms with van der Waals surface area (Å²) < 4.78 is 6.63. The molecule has 5 heteroatoms. The molecule has 0 saturated heterocycles. The van der Waals surface area contributed by atoms with Crippen LogP contribution in [0.1, 0.15) is 0 Å². The van der Waals surface area contributed by atoms with Crippen LogP contribution in [0.5, 0.6) is 0 Å². The molecule has 10 aromatic rings.